The summed E-state index contributed by atoms with van der Waals surface area (Å²) in [5.41, 5.74) is 0.857. The van der Waals surface area contributed by atoms with Crippen LogP contribution in [0.5, 0.6) is 0 Å². The average molecular weight is 353 g/mol. The average Bonchev–Trinajstić information content (AvgIpc) is 2.97. The molecule has 1 aromatic heterocycles. The van der Waals surface area contributed by atoms with Crippen LogP contribution in [0.4, 0.5) is 0 Å². The number of nitrogens with zero attached hydrogens (tertiary/aromatic N) is 3. The van der Waals surface area contributed by atoms with E-state index in [4.69, 9.17) is 16.7 Å². The normalized spacial score (nSPS) is 18.0. The Morgan fingerprint density at radius 1 is 1.48 bits per heavy atom. The van der Waals surface area contributed by atoms with E-state index in [2.05, 4.69) is 15.5 Å². The highest BCUT2D eigenvalue weighted by Gasteiger charge is 2.24. The van der Waals surface area contributed by atoms with Crippen molar-refractivity contribution in [2.75, 3.05) is 18.8 Å². The minimum Gasteiger partial charge on any atom is -0.481 e. The molecule has 2 heterocycles. The molecule has 0 saturated carbocycles. The molecule has 1 aliphatic heterocycles. The largest absolute Gasteiger partial charge is 0.481 e. The number of piperidine rings is 1. The third-order valence-electron chi connectivity index (χ3n) is 3.71. The second-order valence-corrected chi connectivity index (χ2v) is 6.76. The Labute approximate surface area is 143 Å². The quantitative estimate of drug-likeness (QED) is 0.805. The Balaban J connectivity index is 2.00. The van der Waals surface area contributed by atoms with Crippen molar-refractivity contribution in [1.29, 1.82) is 0 Å². The lowest BCUT2D eigenvalue weighted by molar-refractivity contribution is -0.133. The first kappa shape index (κ1) is 16.3. The predicted molar refractivity (Wildman–Crippen MR) is 89.6 cm³/mol. The lowest BCUT2D eigenvalue weighted by Gasteiger charge is -2.23. The number of aromatic nitrogens is 3. The van der Waals surface area contributed by atoms with Gasteiger partial charge in [-0.15, -0.1) is 10.2 Å². The van der Waals surface area contributed by atoms with Crippen LogP contribution in [0, 0.1) is 0 Å². The van der Waals surface area contributed by atoms with E-state index in [1.165, 1.54) is 11.8 Å². The van der Waals surface area contributed by atoms with Gasteiger partial charge in [-0.25, -0.2) is 0 Å². The van der Waals surface area contributed by atoms with Gasteiger partial charge in [-0.2, -0.15) is 0 Å². The van der Waals surface area contributed by atoms with Crippen molar-refractivity contribution in [3.8, 4) is 5.69 Å². The first-order valence-electron chi connectivity index (χ1n) is 7.41. The molecule has 0 bridgehead atoms. The third-order valence-corrected chi connectivity index (χ3v) is 4.86. The van der Waals surface area contributed by atoms with Gasteiger partial charge >= 0.3 is 5.97 Å². The van der Waals surface area contributed by atoms with Gasteiger partial charge in [0.15, 0.2) is 5.16 Å². The van der Waals surface area contributed by atoms with Crippen molar-refractivity contribution in [3.05, 3.63) is 35.1 Å². The van der Waals surface area contributed by atoms with E-state index in [1.807, 2.05) is 22.8 Å². The zero-order valence-corrected chi connectivity index (χ0v) is 14.0. The van der Waals surface area contributed by atoms with Crippen molar-refractivity contribution in [3.63, 3.8) is 0 Å². The van der Waals surface area contributed by atoms with Crippen molar-refractivity contribution in [2.45, 2.75) is 23.9 Å². The fourth-order valence-corrected chi connectivity index (χ4v) is 3.56. The fraction of sp³-hybridized carbons (Fsp3) is 0.400. The molecule has 6 nitrogen and oxygen atoms in total. The minimum atomic E-state index is -0.878. The lowest BCUT2D eigenvalue weighted by Crippen LogP contribution is -2.30. The minimum absolute atomic E-state index is 0.0540. The standard InChI is InChI=1S/C15H17ClN4O2S/c16-11-4-1-5-12(7-11)20-14(10-3-2-6-17-8-10)18-19-15(20)23-9-13(21)22/h1,4-5,7,10,17H,2-3,6,8-9H2,(H,21,22)/t10-/m0/s1. The molecule has 0 aliphatic carbocycles. The van der Waals surface area contributed by atoms with Crippen LogP contribution in [0.3, 0.4) is 0 Å². The van der Waals surface area contributed by atoms with Crippen LogP contribution in [0.15, 0.2) is 29.4 Å². The number of rotatable bonds is 5. The molecule has 2 aromatic rings. The van der Waals surface area contributed by atoms with E-state index in [1.54, 1.807) is 6.07 Å². The SMILES string of the molecule is O=C(O)CSc1nnc([C@H]2CCCNC2)n1-c1cccc(Cl)c1. The van der Waals surface area contributed by atoms with Crippen LogP contribution in [0.1, 0.15) is 24.6 Å². The number of hydrogen-bond acceptors (Lipinski definition) is 5. The molecular formula is C15H17ClN4O2S. The monoisotopic (exact) mass is 352 g/mol. The van der Waals surface area contributed by atoms with Crippen LogP contribution in [-0.4, -0.2) is 44.7 Å². The van der Waals surface area contributed by atoms with Gasteiger partial charge in [0.05, 0.1) is 11.4 Å². The number of carboxylic acids is 1. The first-order chi connectivity index (χ1) is 11.1. The van der Waals surface area contributed by atoms with E-state index in [-0.39, 0.29) is 11.7 Å². The maximum atomic E-state index is 10.9. The van der Waals surface area contributed by atoms with Gasteiger partial charge in [0.25, 0.3) is 0 Å². The molecule has 2 N–H and O–H groups in total. The number of benzene rings is 1. The molecule has 1 saturated heterocycles. The molecule has 23 heavy (non-hydrogen) atoms. The number of nitrogens with one attached hydrogen (secondary N) is 1. The van der Waals surface area contributed by atoms with Gasteiger partial charge in [-0.3, -0.25) is 9.36 Å². The Kier molecular flexibility index (Phi) is 5.20. The molecular weight excluding hydrogens is 336 g/mol. The second-order valence-electron chi connectivity index (χ2n) is 5.38. The van der Waals surface area contributed by atoms with Crippen LogP contribution in [0.25, 0.3) is 5.69 Å². The van der Waals surface area contributed by atoms with Crippen LogP contribution >= 0.6 is 23.4 Å². The van der Waals surface area contributed by atoms with Gasteiger partial charge in [-0.05, 0) is 37.6 Å². The molecule has 0 spiro atoms. The lowest BCUT2D eigenvalue weighted by atomic mass is 9.99. The van der Waals surface area contributed by atoms with E-state index in [9.17, 15) is 4.79 Å². The van der Waals surface area contributed by atoms with Crippen molar-refractivity contribution < 1.29 is 9.90 Å². The van der Waals surface area contributed by atoms with Gasteiger partial charge in [-0.1, -0.05) is 29.4 Å². The highest BCUT2D eigenvalue weighted by atomic mass is 35.5. The molecule has 3 rings (SSSR count). The molecule has 0 radical (unpaired) electrons. The van der Waals surface area contributed by atoms with Crippen molar-refractivity contribution >= 4 is 29.3 Å². The summed E-state index contributed by atoms with van der Waals surface area (Å²) in [4.78, 5) is 10.9. The molecule has 1 atom stereocenters. The maximum Gasteiger partial charge on any atom is 0.313 e. The van der Waals surface area contributed by atoms with Crippen molar-refractivity contribution in [2.24, 2.45) is 0 Å². The third kappa shape index (κ3) is 3.85. The molecule has 1 aliphatic rings. The summed E-state index contributed by atoms with van der Waals surface area (Å²) in [6, 6.07) is 7.45. The Morgan fingerprint density at radius 3 is 3.04 bits per heavy atom. The number of halogens is 1. The van der Waals surface area contributed by atoms with Crippen molar-refractivity contribution in [1.82, 2.24) is 20.1 Å². The molecule has 1 aromatic carbocycles. The summed E-state index contributed by atoms with van der Waals surface area (Å²) in [6.07, 6.45) is 2.12. The van der Waals surface area contributed by atoms with E-state index < -0.39 is 5.97 Å². The summed E-state index contributed by atoms with van der Waals surface area (Å²) in [7, 11) is 0. The van der Waals surface area contributed by atoms with E-state index in [0.29, 0.717) is 10.2 Å². The molecule has 0 unspecified atom stereocenters. The Hall–Kier alpha value is -1.57. The van der Waals surface area contributed by atoms with Crippen LogP contribution in [0.2, 0.25) is 5.02 Å². The van der Waals surface area contributed by atoms with Gasteiger partial charge < -0.3 is 10.4 Å². The molecule has 1 fully saturated rings. The molecule has 0 amide bonds. The van der Waals surface area contributed by atoms with E-state index in [0.717, 1.165) is 37.4 Å². The highest BCUT2D eigenvalue weighted by molar-refractivity contribution is 7.99. The summed E-state index contributed by atoms with van der Waals surface area (Å²) >= 11 is 7.28. The summed E-state index contributed by atoms with van der Waals surface area (Å²) in [5.74, 6) is 0.181. The topological polar surface area (TPSA) is 80.0 Å². The number of carboxylic acid groups (broad SMARTS) is 1. The molecule has 122 valence electrons. The van der Waals surface area contributed by atoms with E-state index >= 15 is 0 Å². The number of thioether (sulfide) groups is 1. The van der Waals surface area contributed by atoms with Gasteiger partial charge in [0, 0.05) is 17.5 Å². The summed E-state index contributed by atoms with van der Waals surface area (Å²) in [6.45, 7) is 1.87. The van der Waals surface area contributed by atoms with Crippen LogP contribution in [-0.2, 0) is 4.79 Å². The smallest absolute Gasteiger partial charge is 0.313 e. The predicted octanol–water partition coefficient (Wildman–Crippen LogP) is 2.56. The van der Waals surface area contributed by atoms with Crippen LogP contribution < -0.4 is 5.32 Å². The van der Waals surface area contributed by atoms with Gasteiger partial charge in [0.1, 0.15) is 5.82 Å². The number of carbonyl (C=O) groups is 1. The highest BCUT2D eigenvalue weighted by Crippen LogP contribution is 2.29. The first-order valence-corrected chi connectivity index (χ1v) is 8.78. The van der Waals surface area contributed by atoms with Gasteiger partial charge in [0.2, 0.25) is 0 Å². The molecule has 8 heteroatoms. The summed E-state index contributed by atoms with van der Waals surface area (Å²) < 4.78 is 1.93. The number of aliphatic carboxylic acids is 1. The Morgan fingerprint density at radius 2 is 2.35 bits per heavy atom. The second kappa shape index (κ2) is 7.33. The maximum absolute atomic E-state index is 10.9. The number of hydrogen-bond donors (Lipinski definition) is 2. The Bertz CT molecular complexity index is 701. The fourth-order valence-electron chi connectivity index (χ4n) is 2.70. The zero-order valence-electron chi connectivity index (χ0n) is 12.4. The summed E-state index contributed by atoms with van der Waals surface area (Å²) in [5, 5.41) is 22.1. The zero-order chi connectivity index (χ0) is 16.2.